The van der Waals surface area contributed by atoms with Crippen LogP contribution >= 0.6 is 0 Å². The Morgan fingerprint density at radius 1 is 1.19 bits per heavy atom. The number of nitrogens with zero attached hydrogens (tertiary/aromatic N) is 1. The van der Waals surface area contributed by atoms with Gasteiger partial charge in [0.2, 0.25) is 0 Å². The first kappa shape index (κ1) is 17.1. The Balaban J connectivity index is 1.77. The van der Waals surface area contributed by atoms with Gasteiger partial charge in [-0.05, 0) is 37.0 Å². The summed E-state index contributed by atoms with van der Waals surface area (Å²) in [7, 11) is 1.59. The van der Waals surface area contributed by atoms with E-state index in [0.29, 0.717) is 11.3 Å². The number of amides is 1. The summed E-state index contributed by atoms with van der Waals surface area (Å²) in [5.74, 6) is 0.467. The Hall–Kier alpha value is -2.34. The molecule has 0 saturated heterocycles. The summed E-state index contributed by atoms with van der Waals surface area (Å²) in [6.07, 6.45) is 3.47. The van der Waals surface area contributed by atoms with E-state index >= 15 is 0 Å². The van der Waals surface area contributed by atoms with Gasteiger partial charge in [0, 0.05) is 6.54 Å². The van der Waals surface area contributed by atoms with Crippen LogP contribution in [0.1, 0.15) is 37.3 Å². The van der Waals surface area contributed by atoms with Crippen LogP contribution < -0.4 is 4.74 Å². The van der Waals surface area contributed by atoms with Crippen LogP contribution in [0, 0.1) is 5.92 Å². The molecule has 3 aliphatic rings. The minimum atomic E-state index is -0.508. The number of carbonyl (C=O) groups is 2. The molecule has 3 atom stereocenters. The molecule has 6 nitrogen and oxygen atoms in total. The molecule has 1 amide bonds. The molecule has 6 heteroatoms. The first-order valence-electron chi connectivity index (χ1n) is 9.16. The number of benzene rings is 1. The van der Waals surface area contributed by atoms with E-state index in [0.717, 1.165) is 31.2 Å². The molecule has 1 N–H and O–H groups in total. The van der Waals surface area contributed by atoms with Crippen LogP contribution in [0.3, 0.4) is 0 Å². The zero-order chi connectivity index (χ0) is 18.3. The minimum absolute atomic E-state index is 0.0329. The maximum absolute atomic E-state index is 13.2. The Labute approximate surface area is 152 Å². The number of carbonyl (C=O) groups excluding carboxylic acids is 2. The van der Waals surface area contributed by atoms with E-state index in [-0.39, 0.29) is 42.6 Å². The highest BCUT2D eigenvalue weighted by Gasteiger charge is 2.51. The molecule has 1 saturated carbocycles. The molecule has 1 aromatic carbocycles. The van der Waals surface area contributed by atoms with Crippen molar-refractivity contribution < 1.29 is 24.2 Å². The predicted molar refractivity (Wildman–Crippen MR) is 93.4 cm³/mol. The molecule has 138 valence electrons. The van der Waals surface area contributed by atoms with Crippen LogP contribution in [-0.4, -0.2) is 48.1 Å². The maximum Gasteiger partial charge on any atom is 0.290 e. The third-order valence-electron chi connectivity index (χ3n) is 5.63. The molecular weight excluding hydrogens is 334 g/mol. The molecule has 2 heterocycles. The molecular formula is C20H23NO5. The number of hydrogen-bond acceptors (Lipinski definition) is 5. The lowest BCUT2D eigenvalue weighted by atomic mass is 9.77. The van der Waals surface area contributed by atoms with Gasteiger partial charge in [-0.25, -0.2) is 0 Å². The van der Waals surface area contributed by atoms with Gasteiger partial charge in [0.1, 0.15) is 11.9 Å². The molecule has 26 heavy (non-hydrogen) atoms. The van der Waals surface area contributed by atoms with Crippen LogP contribution in [0.2, 0.25) is 0 Å². The van der Waals surface area contributed by atoms with E-state index in [2.05, 4.69) is 0 Å². The van der Waals surface area contributed by atoms with Crippen molar-refractivity contribution in [3.05, 3.63) is 41.2 Å². The second-order valence-electron chi connectivity index (χ2n) is 7.05. The number of methoxy groups -OCH3 is 1. The molecule has 1 aromatic rings. The molecule has 1 fully saturated rings. The van der Waals surface area contributed by atoms with Crippen molar-refractivity contribution in [2.45, 2.75) is 37.8 Å². The second kappa shape index (κ2) is 6.76. The van der Waals surface area contributed by atoms with Crippen molar-refractivity contribution in [1.82, 2.24) is 4.90 Å². The van der Waals surface area contributed by atoms with Gasteiger partial charge in [-0.15, -0.1) is 0 Å². The Bertz CT molecular complexity index is 754. The summed E-state index contributed by atoms with van der Waals surface area (Å²) >= 11 is 0. The van der Waals surface area contributed by atoms with Crippen LogP contribution in [0.5, 0.6) is 5.75 Å². The quantitative estimate of drug-likeness (QED) is 0.892. The lowest BCUT2D eigenvalue weighted by Gasteiger charge is -2.35. The van der Waals surface area contributed by atoms with Crippen LogP contribution in [-0.2, 0) is 14.3 Å². The summed E-state index contributed by atoms with van der Waals surface area (Å²) < 4.78 is 11.2. The van der Waals surface area contributed by atoms with E-state index in [4.69, 9.17) is 9.47 Å². The molecule has 0 spiro atoms. The average Bonchev–Trinajstić information content (AvgIpc) is 2.95. The highest BCUT2D eigenvalue weighted by Crippen LogP contribution is 2.46. The van der Waals surface area contributed by atoms with E-state index in [1.165, 1.54) is 0 Å². The smallest absolute Gasteiger partial charge is 0.290 e. The SMILES string of the molecule is COc1ccc(C2C3=C(OC4CCCCC4C3=O)C(=O)N2CCO)cc1. The van der Waals surface area contributed by atoms with Crippen molar-refractivity contribution >= 4 is 11.7 Å². The number of aliphatic hydroxyl groups excluding tert-OH is 1. The zero-order valence-electron chi connectivity index (χ0n) is 14.8. The average molecular weight is 357 g/mol. The summed E-state index contributed by atoms with van der Waals surface area (Å²) in [4.78, 5) is 27.7. The number of fused-ring (bicyclic) bond motifs is 1. The first-order chi connectivity index (χ1) is 12.7. The number of ketones is 1. The number of ether oxygens (including phenoxy) is 2. The van der Waals surface area contributed by atoms with Gasteiger partial charge in [-0.1, -0.05) is 18.6 Å². The third kappa shape index (κ3) is 2.60. The maximum atomic E-state index is 13.2. The number of β-amino-alcohol motifs (C(OH)–C–C–N with tert-alkyl or cyclic N) is 1. The van der Waals surface area contributed by atoms with E-state index in [9.17, 15) is 14.7 Å². The predicted octanol–water partition coefficient (Wildman–Crippen LogP) is 1.98. The lowest BCUT2D eigenvalue weighted by molar-refractivity contribution is -0.135. The Morgan fingerprint density at radius 2 is 1.92 bits per heavy atom. The van der Waals surface area contributed by atoms with Crippen LogP contribution in [0.4, 0.5) is 0 Å². The Kier molecular flexibility index (Phi) is 4.44. The standard InChI is InChI=1S/C20H23NO5/c1-25-13-8-6-12(7-9-13)17-16-18(23)14-4-2-3-5-15(14)26-19(16)20(24)21(17)10-11-22/h6-9,14-15,17,22H,2-5,10-11H2,1H3. The number of Topliss-reactive ketones (excluding diaryl/α,β-unsaturated/α-hetero) is 1. The molecule has 2 aliphatic heterocycles. The normalized spacial score (nSPS) is 27.9. The molecule has 0 bridgehead atoms. The minimum Gasteiger partial charge on any atom is -0.497 e. The largest absolute Gasteiger partial charge is 0.497 e. The van der Waals surface area contributed by atoms with Gasteiger partial charge in [0.15, 0.2) is 11.5 Å². The van der Waals surface area contributed by atoms with Gasteiger partial charge in [0.25, 0.3) is 5.91 Å². The summed E-state index contributed by atoms with van der Waals surface area (Å²) in [6, 6.07) is 6.83. The zero-order valence-corrected chi connectivity index (χ0v) is 14.8. The van der Waals surface area contributed by atoms with Gasteiger partial charge < -0.3 is 19.5 Å². The van der Waals surface area contributed by atoms with Crippen LogP contribution in [0.25, 0.3) is 0 Å². The van der Waals surface area contributed by atoms with E-state index in [1.54, 1.807) is 12.0 Å². The van der Waals surface area contributed by atoms with E-state index < -0.39 is 6.04 Å². The van der Waals surface area contributed by atoms with Gasteiger partial charge in [-0.2, -0.15) is 0 Å². The fraction of sp³-hybridized carbons (Fsp3) is 0.500. The van der Waals surface area contributed by atoms with Crippen molar-refractivity contribution in [2.75, 3.05) is 20.3 Å². The molecule has 4 rings (SSSR count). The molecule has 0 aromatic heterocycles. The monoisotopic (exact) mass is 357 g/mol. The fourth-order valence-corrected chi connectivity index (χ4v) is 4.36. The van der Waals surface area contributed by atoms with Gasteiger partial charge in [-0.3, -0.25) is 9.59 Å². The summed E-state index contributed by atoms with van der Waals surface area (Å²) in [6.45, 7) is -0.00545. The lowest BCUT2D eigenvalue weighted by Crippen LogP contribution is -2.39. The third-order valence-corrected chi connectivity index (χ3v) is 5.63. The molecule has 1 aliphatic carbocycles. The van der Waals surface area contributed by atoms with Crippen molar-refractivity contribution in [3.63, 3.8) is 0 Å². The van der Waals surface area contributed by atoms with Gasteiger partial charge in [0.05, 0.1) is 31.2 Å². The van der Waals surface area contributed by atoms with Gasteiger partial charge >= 0.3 is 0 Å². The second-order valence-corrected chi connectivity index (χ2v) is 7.05. The first-order valence-corrected chi connectivity index (χ1v) is 9.16. The fourth-order valence-electron chi connectivity index (χ4n) is 4.36. The molecule has 0 radical (unpaired) electrons. The topological polar surface area (TPSA) is 76.1 Å². The Morgan fingerprint density at radius 3 is 2.62 bits per heavy atom. The summed E-state index contributed by atoms with van der Waals surface area (Å²) in [5, 5.41) is 9.44. The van der Waals surface area contributed by atoms with Crippen molar-refractivity contribution in [3.8, 4) is 5.75 Å². The number of rotatable bonds is 4. The van der Waals surface area contributed by atoms with Crippen molar-refractivity contribution in [2.24, 2.45) is 5.92 Å². The summed E-state index contributed by atoms with van der Waals surface area (Å²) in [5.41, 5.74) is 1.28. The van der Waals surface area contributed by atoms with Crippen LogP contribution in [0.15, 0.2) is 35.6 Å². The number of hydrogen-bond donors (Lipinski definition) is 1. The molecule has 3 unspecified atom stereocenters. The highest BCUT2D eigenvalue weighted by molar-refractivity contribution is 6.11. The highest BCUT2D eigenvalue weighted by atomic mass is 16.5. The number of aliphatic hydroxyl groups is 1. The van der Waals surface area contributed by atoms with E-state index in [1.807, 2.05) is 24.3 Å². The van der Waals surface area contributed by atoms with Crippen molar-refractivity contribution in [1.29, 1.82) is 0 Å².